The van der Waals surface area contributed by atoms with Gasteiger partial charge < -0.3 is 11.1 Å². The van der Waals surface area contributed by atoms with Crippen LogP contribution in [0.1, 0.15) is 25.8 Å². The highest BCUT2D eigenvalue weighted by Crippen LogP contribution is 2.27. The van der Waals surface area contributed by atoms with E-state index in [0.717, 1.165) is 30.8 Å². The number of halogens is 2. The van der Waals surface area contributed by atoms with Gasteiger partial charge in [-0.15, -0.1) is 12.4 Å². The maximum Gasteiger partial charge on any atom is 0.238 e. The van der Waals surface area contributed by atoms with E-state index in [2.05, 4.69) is 24.1 Å². The van der Waals surface area contributed by atoms with Crippen molar-refractivity contribution in [3.05, 3.63) is 28.8 Å². The lowest BCUT2D eigenvalue weighted by atomic mass is 9.80. The number of rotatable bonds is 3. The van der Waals surface area contributed by atoms with Gasteiger partial charge >= 0.3 is 0 Å². The molecule has 124 valence electrons. The highest BCUT2D eigenvalue weighted by atomic mass is 35.5. The van der Waals surface area contributed by atoms with Crippen molar-refractivity contribution in [1.29, 1.82) is 0 Å². The number of hydrogen-bond acceptors (Lipinski definition) is 3. The van der Waals surface area contributed by atoms with Gasteiger partial charge in [-0.2, -0.15) is 0 Å². The lowest BCUT2D eigenvalue weighted by Gasteiger charge is -2.42. The topological polar surface area (TPSA) is 58.4 Å². The van der Waals surface area contributed by atoms with E-state index in [9.17, 15) is 4.79 Å². The van der Waals surface area contributed by atoms with Crippen molar-refractivity contribution in [2.24, 2.45) is 11.1 Å². The molecule has 1 heterocycles. The van der Waals surface area contributed by atoms with Gasteiger partial charge in [0.15, 0.2) is 0 Å². The number of anilines is 1. The van der Waals surface area contributed by atoms with Crippen LogP contribution in [0.5, 0.6) is 0 Å². The van der Waals surface area contributed by atoms with Crippen LogP contribution in [0.3, 0.4) is 0 Å². The molecule has 0 aliphatic carbocycles. The third-order valence-electron chi connectivity index (χ3n) is 4.23. The zero-order valence-corrected chi connectivity index (χ0v) is 14.9. The molecule has 1 aliphatic rings. The van der Waals surface area contributed by atoms with Crippen molar-refractivity contribution >= 4 is 35.6 Å². The molecule has 0 radical (unpaired) electrons. The van der Waals surface area contributed by atoms with E-state index in [0.29, 0.717) is 11.6 Å². The number of aryl methyl sites for hydroxylation is 1. The highest BCUT2D eigenvalue weighted by Gasteiger charge is 2.33. The smallest absolute Gasteiger partial charge is 0.238 e. The number of likely N-dealkylation sites (tertiary alicyclic amines) is 1. The second-order valence-electron chi connectivity index (χ2n) is 6.60. The number of piperidine rings is 1. The lowest BCUT2D eigenvalue weighted by Crippen LogP contribution is -2.53. The summed E-state index contributed by atoms with van der Waals surface area (Å²) in [6, 6.07) is 5.71. The molecule has 0 saturated carbocycles. The van der Waals surface area contributed by atoms with Crippen molar-refractivity contribution in [1.82, 2.24) is 4.90 Å². The molecule has 22 heavy (non-hydrogen) atoms. The summed E-state index contributed by atoms with van der Waals surface area (Å²) in [7, 11) is 0. The Kier molecular flexibility index (Phi) is 6.68. The Hall–Kier alpha value is -0.810. The molecule has 1 atom stereocenters. The molecule has 1 unspecified atom stereocenters. The van der Waals surface area contributed by atoms with Gasteiger partial charge in [0.2, 0.25) is 5.91 Å². The molecule has 0 spiro atoms. The van der Waals surface area contributed by atoms with Crippen LogP contribution < -0.4 is 11.1 Å². The van der Waals surface area contributed by atoms with Crippen LogP contribution >= 0.6 is 24.0 Å². The summed E-state index contributed by atoms with van der Waals surface area (Å²) in [6.07, 6.45) is 0.927. The summed E-state index contributed by atoms with van der Waals surface area (Å²) < 4.78 is 0. The Morgan fingerprint density at radius 2 is 2.18 bits per heavy atom. The van der Waals surface area contributed by atoms with Crippen LogP contribution in [0.2, 0.25) is 5.02 Å². The minimum Gasteiger partial charge on any atom is -0.327 e. The average molecular weight is 346 g/mol. The molecular formula is C16H25Cl2N3O. The lowest BCUT2D eigenvalue weighted by molar-refractivity contribution is -0.118. The first-order valence-electron chi connectivity index (χ1n) is 7.32. The second-order valence-corrected chi connectivity index (χ2v) is 7.04. The molecule has 1 amide bonds. The number of nitrogens with one attached hydrogen (secondary N) is 1. The van der Waals surface area contributed by atoms with E-state index < -0.39 is 0 Å². The standard InChI is InChI=1S/C16H24ClN3O.ClH/c1-11-4-5-12(17)8-13(11)19-15(21)9-20-7-6-14(18)16(2,3)10-20;/h4-5,8,14H,6-7,9-10,18H2,1-3H3,(H,19,21);1H. The first-order valence-corrected chi connectivity index (χ1v) is 7.70. The van der Waals surface area contributed by atoms with Crippen molar-refractivity contribution in [2.75, 3.05) is 25.0 Å². The van der Waals surface area contributed by atoms with Crippen molar-refractivity contribution in [3.63, 3.8) is 0 Å². The Labute approximate surface area is 143 Å². The fourth-order valence-electron chi connectivity index (χ4n) is 2.74. The van der Waals surface area contributed by atoms with Gasteiger partial charge in [-0.3, -0.25) is 9.69 Å². The molecule has 4 nitrogen and oxygen atoms in total. The van der Waals surface area contributed by atoms with Gasteiger partial charge in [-0.25, -0.2) is 0 Å². The normalized spacial score (nSPS) is 21.0. The summed E-state index contributed by atoms with van der Waals surface area (Å²) in [4.78, 5) is 14.4. The summed E-state index contributed by atoms with van der Waals surface area (Å²) >= 11 is 5.97. The maximum atomic E-state index is 12.2. The summed E-state index contributed by atoms with van der Waals surface area (Å²) in [6.45, 7) is 8.37. The van der Waals surface area contributed by atoms with Crippen LogP contribution in [0.4, 0.5) is 5.69 Å². The quantitative estimate of drug-likeness (QED) is 0.884. The van der Waals surface area contributed by atoms with E-state index in [1.165, 1.54) is 0 Å². The number of carbonyl (C=O) groups is 1. The van der Waals surface area contributed by atoms with E-state index in [4.69, 9.17) is 17.3 Å². The van der Waals surface area contributed by atoms with Gasteiger partial charge in [-0.05, 0) is 36.5 Å². The number of amides is 1. The van der Waals surface area contributed by atoms with Gasteiger partial charge in [0.25, 0.3) is 0 Å². The zero-order chi connectivity index (χ0) is 15.6. The molecule has 1 fully saturated rings. The van der Waals surface area contributed by atoms with E-state index in [1.807, 2.05) is 19.1 Å². The SMILES string of the molecule is Cc1ccc(Cl)cc1NC(=O)CN1CCC(N)C(C)(C)C1.Cl. The molecule has 1 saturated heterocycles. The molecule has 2 rings (SSSR count). The van der Waals surface area contributed by atoms with Crippen LogP contribution in [-0.2, 0) is 4.79 Å². The fraction of sp³-hybridized carbons (Fsp3) is 0.562. The molecule has 1 aromatic rings. The van der Waals surface area contributed by atoms with E-state index >= 15 is 0 Å². The van der Waals surface area contributed by atoms with Gasteiger partial charge in [0.05, 0.1) is 6.54 Å². The summed E-state index contributed by atoms with van der Waals surface area (Å²) in [5.41, 5.74) is 7.96. The van der Waals surface area contributed by atoms with Crippen molar-refractivity contribution < 1.29 is 4.79 Å². The number of benzene rings is 1. The third-order valence-corrected chi connectivity index (χ3v) is 4.47. The van der Waals surface area contributed by atoms with Crippen LogP contribution in [0.25, 0.3) is 0 Å². The summed E-state index contributed by atoms with van der Waals surface area (Å²) in [5.74, 6) is -0.00774. The van der Waals surface area contributed by atoms with Gasteiger partial charge in [-0.1, -0.05) is 31.5 Å². The van der Waals surface area contributed by atoms with E-state index in [1.54, 1.807) is 6.07 Å². The average Bonchev–Trinajstić information content (AvgIpc) is 2.38. The predicted molar refractivity (Wildman–Crippen MR) is 94.9 cm³/mol. The number of nitrogens with two attached hydrogens (primary N) is 1. The predicted octanol–water partition coefficient (Wildman–Crippen LogP) is 3.07. The fourth-order valence-corrected chi connectivity index (χ4v) is 2.91. The number of hydrogen-bond donors (Lipinski definition) is 2. The Balaban J connectivity index is 0.00000242. The van der Waals surface area contributed by atoms with Crippen molar-refractivity contribution in [3.8, 4) is 0 Å². The maximum absolute atomic E-state index is 12.2. The minimum absolute atomic E-state index is 0. The molecule has 3 N–H and O–H groups in total. The van der Waals surface area contributed by atoms with Gasteiger partial charge in [0.1, 0.15) is 0 Å². The second kappa shape index (κ2) is 7.64. The molecular weight excluding hydrogens is 321 g/mol. The molecule has 0 bridgehead atoms. The number of nitrogens with zero attached hydrogens (tertiary/aromatic N) is 1. The molecule has 0 aromatic heterocycles. The third kappa shape index (κ3) is 4.85. The minimum atomic E-state index is -0.00774. The Morgan fingerprint density at radius 1 is 1.50 bits per heavy atom. The first kappa shape index (κ1) is 19.2. The first-order chi connectivity index (χ1) is 9.78. The molecule has 1 aromatic carbocycles. The van der Waals surface area contributed by atoms with Crippen molar-refractivity contribution in [2.45, 2.75) is 33.2 Å². The van der Waals surface area contributed by atoms with Crippen LogP contribution in [-0.4, -0.2) is 36.5 Å². The van der Waals surface area contributed by atoms with Crippen LogP contribution in [0, 0.1) is 12.3 Å². The largest absolute Gasteiger partial charge is 0.327 e. The zero-order valence-electron chi connectivity index (χ0n) is 13.4. The van der Waals surface area contributed by atoms with Gasteiger partial charge in [0, 0.05) is 29.8 Å². The number of carbonyl (C=O) groups excluding carboxylic acids is 1. The highest BCUT2D eigenvalue weighted by molar-refractivity contribution is 6.31. The molecule has 6 heteroatoms. The van der Waals surface area contributed by atoms with E-state index in [-0.39, 0.29) is 29.8 Å². The summed E-state index contributed by atoms with van der Waals surface area (Å²) in [5, 5.41) is 3.57. The monoisotopic (exact) mass is 345 g/mol. The molecule has 1 aliphatic heterocycles. The van der Waals surface area contributed by atoms with Crippen LogP contribution in [0.15, 0.2) is 18.2 Å². The Bertz CT molecular complexity index is 534. The Morgan fingerprint density at radius 3 is 2.82 bits per heavy atom.